The summed E-state index contributed by atoms with van der Waals surface area (Å²) in [5, 5.41) is 1.84. The summed E-state index contributed by atoms with van der Waals surface area (Å²) in [6.07, 6.45) is -6.15. The molecule has 0 saturated carbocycles. The predicted molar refractivity (Wildman–Crippen MR) is 26.7 cm³/mol. The van der Waals surface area contributed by atoms with Gasteiger partial charge in [-0.1, -0.05) is 6.37 Å². The zero-order chi connectivity index (χ0) is 11.4. The molecule has 1 saturated heterocycles. The SMILES string of the molecule is [2H]C1C([2H])([2H])NC([2H])([2H])C([2H])C1([2H])[2H]. The van der Waals surface area contributed by atoms with Gasteiger partial charge in [0.15, 0.2) is 0 Å². The fourth-order valence-electron chi connectivity index (χ4n) is 0.239. The highest BCUT2D eigenvalue weighted by Crippen LogP contribution is 1.96. The van der Waals surface area contributed by atoms with Crippen molar-refractivity contribution in [3.63, 3.8) is 0 Å². The molecule has 6 heavy (non-hydrogen) atoms. The van der Waals surface area contributed by atoms with E-state index in [2.05, 4.69) is 0 Å². The molecule has 0 radical (unpaired) electrons. The Bertz CT molecular complexity index is 216. The number of piperidine rings is 1. The molecule has 1 heteroatoms. The number of hydrogen-bond acceptors (Lipinski definition) is 1. The standard InChI is InChI=1S/C5H11N/c1-2-4-6-5-3-1/h6H,1-5H2/i1D2,2D,3D,4D2,5D2. The molecule has 1 aliphatic rings. The Labute approximate surface area is 50.0 Å². The number of rotatable bonds is 0. The quantitative estimate of drug-likeness (QED) is 0.466. The molecule has 1 nitrogen and oxygen atoms in total. The topological polar surface area (TPSA) is 12.0 Å². The van der Waals surface area contributed by atoms with Gasteiger partial charge in [-0.3, -0.25) is 0 Å². The normalized spacial score (nSPS) is 93.3. The van der Waals surface area contributed by atoms with Gasteiger partial charge in [0.1, 0.15) is 0 Å². The van der Waals surface area contributed by atoms with Gasteiger partial charge in [0.05, 0.1) is 0 Å². The zero-order valence-corrected chi connectivity index (χ0v) is 3.15. The Hall–Kier alpha value is -0.0400. The van der Waals surface area contributed by atoms with Gasteiger partial charge < -0.3 is 5.32 Å². The summed E-state index contributed by atoms with van der Waals surface area (Å²) in [5.74, 6) is 0. The van der Waals surface area contributed by atoms with Crippen LogP contribution in [0.2, 0.25) is 0 Å². The molecule has 36 valence electrons. The summed E-state index contributed by atoms with van der Waals surface area (Å²) in [4.78, 5) is 0. The minimum absolute atomic E-state index is 1.82. The highest BCUT2D eigenvalue weighted by Gasteiger charge is 1.93. The fourth-order valence-corrected chi connectivity index (χ4v) is 0.239. The second-order valence-electron chi connectivity index (χ2n) is 0.869. The molecule has 1 rings (SSSR count). The molecular formula is C5H11N. The number of hydrogen-bond donors (Lipinski definition) is 1. The first-order valence-corrected chi connectivity index (χ1v) is 1.65. The minimum atomic E-state index is -2.52. The van der Waals surface area contributed by atoms with Crippen molar-refractivity contribution in [2.45, 2.75) is 19.2 Å². The minimum Gasteiger partial charge on any atom is -0.317 e. The molecule has 0 amide bonds. The molecule has 1 aliphatic heterocycles. The van der Waals surface area contributed by atoms with E-state index in [9.17, 15) is 0 Å². The van der Waals surface area contributed by atoms with Crippen LogP contribution in [0.1, 0.15) is 30.1 Å². The molecule has 0 aromatic heterocycles. The van der Waals surface area contributed by atoms with Crippen LogP contribution in [-0.2, 0) is 0 Å². The third-order valence-corrected chi connectivity index (χ3v) is 0.455. The first-order valence-electron chi connectivity index (χ1n) is 5.81. The van der Waals surface area contributed by atoms with Crippen LogP contribution in [0.5, 0.6) is 0 Å². The fraction of sp³-hybridized carbons (Fsp3) is 1.00. The van der Waals surface area contributed by atoms with Gasteiger partial charge >= 0.3 is 0 Å². The largest absolute Gasteiger partial charge is 0.317 e. The van der Waals surface area contributed by atoms with Crippen molar-refractivity contribution in [1.82, 2.24) is 5.32 Å². The van der Waals surface area contributed by atoms with Crippen molar-refractivity contribution < 1.29 is 11.0 Å². The van der Waals surface area contributed by atoms with Crippen LogP contribution in [0.15, 0.2) is 0 Å². The van der Waals surface area contributed by atoms with Gasteiger partial charge in [-0.15, -0.1) is 0 Å². The molecule has 1 heterocycles. The van der Waals surface area contributed by atoms with Crippen molar-refractivity contribution in [1.29, 1.82) is 0 Å². The van der Waals surface area contributed by atoms with Gasteiger partial charge in [0.2, 0.25) is 0 Å². The summed E-state index contributed by atoms with van der Waals surface area (Å²) >= 11 is 0. The first kappa shape index (κ1) is 0.752. The summed E-state index contributed by atoms with van der Waals surface area (Å²) in [5.41, 5.74) is 0. The van der Waals surface area contributed by atoms with Crippen LogP contribution in [0, 0.1) is 0 Å². The van der Waals surface area contributed by atoms with Gasteiger partial charge in [0, 0.05) is 11.0 Å². The van der Waals surface area contributed by atoms with E-state index in [0.29, 0.717) is 0 Å². The molecule has 0 aromatic carbocycles. The second-order valence-corrected chi connectivity index (χ2v) is 0.869. The maximum Gasteiger partial charge on any atom is 0.0428 e. The third kappa shape index (κ3) is 0.977. The Morgan fingerprint density at radius 1 is 1.33 bits per heavy atom. The Morgan fingerprint density at radius 2 is 2.00 bits per heavy atom. The maximum atomic E-state index is 7.32. The van der Waals surface area contributed by atoms with Crippen molar-refractivity contribution in [3.05, 3.63) is 0 Å². The lowest BCUT2D eigenvalue weighted by Gasteiger charge is -2.08. The highest BCUT2D eigenvalue weighted by molar-refractivity contribution is 4.55. The monoisotopic (exact) mass is 93.1 g/mol. The third-order valence-electron chi connectivity index (χ3n) is 0.455. The molecule has 0 spiro atoms. The average Bonchev–Trinajstić information content (AvgIpc) is 1.97. The molecule has 0 aromatic rings. The van der Waals surface area contributed by atoms with Crippen molar-refractivity contribution >= 4 is 0 Å². The van der Waals surface area contributed by atoms with Crippen LogP contribution in [0.3, 0.4) is 0 Å². The van der Waals surface area contributed by atoms with Crippen molar-refractivity contribution in [3.8, 4) is 0 Å². The summed E-state index contributed by atoms with van der Waals surface area (Å²) in [6.45, 7) is -4.94. The first-order chi connectivity index (χ1) is 6.02. The van der Waals surface area contributed by atoms with E-state index in [4.69, 9.17) is 11.0 Å². The zero-order valence-electron chi connectivity index (χ0n) is 11.2. The molecule has 1 fully saturated rings. The lowest BCUT2D eigenvalue weighted by Crippen LogP contribution is -2.21. The van der Waals surface area contributed by atoms with Crippen LogP contribution < -0.4 is 5.32 Å². The van der Waals surface area contributed by atoms with E-state index in [1.807, 2.05) is 5.32 Å². The van der Waals surface area contributed by atoms with Gasteiger partial charge in [0.25, 0.3) is 0 Å². The summed E-state index contributed by atoms with van der Waals surface area (Å²) in [7, 11) is 0. The van der Waals surface area contributed by atoms with Crippen LogP contribution in [0.4, 0.5) is 0 Å². The summed E-state index contributed by atoms with van der Waals surface area (Å²) < 4.78 is 58.2. The second kappa shape index (κ2) is 2.19. The highest BCUT2D eigenvalue weighted by atomic mass is 14.9. The van der Waals surface area contributed by atoms with E-state index in [1.165, 1.54) is 0 Å². The predicted octanol–water partition coefficient (Wildman–Crippen LogP) is 0.760. The van der Waals surface area contributed by atoms with E-state index in [1.54, 1.807) is 0 Å². The van der Waals surface area contributed by atoms with Crippen LogP contribution in [-0.4, -0.2) is 13.0 Å². The molecular weight excluding hydrogens is 74.1 g/mol. The van der Waals surface area contributed by atoms with E-state index >= 15 is 0 Å². The average molecular weight is 93.2 g/mol. The van der Waals surface area contributed by atoms with E-state index in [-0.39, 0.29) is 0 Å². The van der Waals surface area contributed by atoms with Crippen molar-refractivity contribution in [2.24, 2.45) is 0 Å². The van der Waals surface area contributed by atoms with Crippen LogP contribution in [0.25, 0.3) is 0 Å². The molecule has 2 unspecified atom stereocenters. The van der Waals surface area contributed by atoms with Crippen LogP contribution >= 0.6 is 0 Å². The Morgan fingerprint density at radius 3 is 2.67 bits per heavy atom. The summed E-state index contributed by atoms with van der Waals surface area (Å²) in [6, 6.07) is 0. The smallest absolute Gasteiger partial charge is 0.0428 e. The molecule has 2 atom stereocenters. The Kier molecular flexibility index (Phi) is 0.275. The molecule has 0 bridgehead atoms. The number of nitrogens with one attached hydrogen (secondary N) is 1. The van der Waals surface area contributed by atoms with E-state index in [0.717, 1.165) is 0 Å². The van der Waals surface area contributed by atoms with Gasteiger partial charge in [-0.25, -0.2) is 0 Å². The van der Waals surface area contributed by atoms with Gasteiger partial charge in [-0.05, 0) is 25.8 Å². The van der Waals surface area contributed by atoms with Gasteiger partial charge in [-0.2, -0.15) is 0 Å². The molecule has 0 aliphatic carbocycles. The molecule has 1 N–H and O–H groups in total. The van der Waals surface area contributed by atoms with Crippen molar-refractivity contribution in [2.75, 3.05) is 13.0 Å². The lowest BCUT2D eigenvalue weighted by atomic mass is 10.2. The Balaban J connectivity index is 3.10. The maximum absolute atomic E-state index is 7.32. The van der Waals surface area contributed by atoms with E-state index < -0.39 is 32.2 Å². The lowest BCUT2D eigenvalue weighted by molar-refractivity contribution is 0.520.